The van der Waals surface area contributed by atoms with E-state index in [2.05, 4.69) is 41.5 Å². The fourth-order valence-corrected chi connectivity index (χ4v) is 2.28. The lowest BCUT2D eigenvalue weighted by molar-refractivity contribution is -0.115. The molecule has 0 heterocycles. The van der Waals surface area contributed by atoms with Crippen LogP contribution in [0.15, 0.2) is 11.1 Å². The number of allylic oxidation sites excluding steroid dienone is 2. The minimum Gasteiger partial charge on any atom is -0.295 e. The molecule has 1 rings (SSSR count). The molecule has 0 aromatic rings. The van der Waals surface area contributed by atoms with Gasteiger partial charge in [0.2, 0.25) is 0 Å². The molecule has 1 aliphatic rings. The molecule has 0 N–H and O–H groups in total. The second-order valence-electron chi connectivity index (χ2n) is 6.28. The lowest BCUT2D eigenvalue weighted by Gasteiger charge is -2.28. The smallest absolute Gasteiger partial charge is 0.159 e. The minimum absolute atomic E-state index is 0.0101. The molecule has 0 fully saturated rings. The molecule has 0 aliphatic heterocycles. The molecule has 0 aromatic heterocycles. The summed E-state index contributed by atoms with van der Waals surface area (Å²) in [6.45, 7) is 17.0. The zero-order valence-electron chi connectivity index (χ0n) is 12.3. The number of rotatable bonds is 0. The van der Waals surface area contributed by atoms with Gasteiger partial charge in [-0.2, -0.15) is 0 Å². The van der Waals surface area contributed by atoms with Crippen LogP contribution in [0.1, 0.15) is 68.2 Å². The van der Waals surface area contributed by atoms with Crippen LogP contribution in [0.5, 0.6) is 0 Å². The summed E-state index contributed by atoms with van der Waals surface area (Å²) >= 11 is 0. The number of hydrogen-bond donors (Lipinski definition) is 0. The minimum atomic E-state index is 0.0101. The SMILES string of the molecule is CC.CC(C)(C)C1=C(C(C)(C)C)C(=O)CC1. The Morgan fingerprint density at radius 2 is 1.25 bits per heavy atom. The summed E-state index contributed by atoms with van der Waals surface area (Å²) in [7, 11) is 0. The maximum Gasteiger partial charge on any atom is 0.159 e. The number of hydrogen-bond acceptors (Lipinski definition) is 1. The third kappa shape index (κ3) is 3.47. The Morgan fingerprint density at radius 1 is 0.812 bits per heavy atom. The van der Waals surface area contributed by atoms with Crippen molar-refractivity contribution in [3.05, 3.63) is 11.1 Å². The summed E-state index contributed by atoms with van der Waals surface area (Å²) in [5.41, 5.74) is 2.62. The van der Waals surface area contributed by atoms with Gasteiger partial charge in [0.25, 0.3) is 0 Å². The van der Waals surface area contributed by atoms with Crippen LogP contribution in [0.2, 0.25) is 0 Å². The molecular formula is C15H28O. The monoisotopic (exact) mass is 224 g/mol. The van der Waals surface area contributed by atoms with Crippen LogP contribution in [-0.4, -0.2) is 5.78 Å². The first-order chi connectivity index (χ1) is 7.14. The topological polar surface area (TPSA) is 17.1 Å². The highest BCUT2D eigenvalue weighted by molar-refractivity contribution is 6.00. The average Bonchev–Trinajstić information content (AvgIpc) is 2.49. The Morgan fingerprint density at radius 3 is 1.50 bits per heavy atom. The van der Waals surface area contributed by atoms with E-state index in [9.17, 15) is 4.79 Å². The maximum absolute atomic E-state index is 11.8. The number of carbonyl (C=O) groups is 1. The number of Topliss-reactive ketones (excluding diaryl/α,β-unsaturated/α-hetero) is 1. The van der Waals surface area contributed by atoms with Crippen LogP contribution in [0, 0.1) is 10.8 Å². The summed E-state index contributed by atoms with van der Waals surface area (Å²) in [4.78, 5) is 11.8. The van der Waals surface area contributed by atoms with E-state index < -0.39 is 0 Å². The molecule has 0 spiro atoms. The largest absolute Gasteiger partial charge is 0.295 e. The molecule has 0 unspecified atom stereocenters. The Hall–Kier alpha value is -0.590. The Balaban J connectivity index is 0.00000106. The molecule has 0 amide bonds. The van der Waals surface area contributed by atoms with Gasteiger partial charge in [0.05, 0.1) is 0 Å². The molecule has 1 aliphatic carbocycles. The van der Waals surface area contributed by atoms with Crippen molar-refractivity contribution in [3.8, 4) is 0 Å². The van der Waals surface area contributed by atoms with Crippen molar-refractivity contribution in [2.45, 2.75) is 68.2 Å². The molecular weight excluding hydrogens is 196 g/mol. The summed E-state index contributed by atoms with van der Waals surface area (Å²) in [5.74, 6) is 0.363. The van der Waals surface area contributed by atoms with E-state index in [4.69, 9.17) is 0 Å². The van der Waals surface area contributed by atoms with Crippen molar-refractivity contribution in [1.29, 1.82) is 0 Å². The van der Waals surface area contributed by atoms with E-state index >= 15 is 0 Å². The molecule has 0 saturated heterocycles. The first kappa shape index (κ1) is 15.4. The summed E-state index contributed by atoms with van der Waals surface area (Å²) in [6, 6.07) is 0. The molecule has 1 nitrogen and oxygen atoms in total. The lowest BCUT2D eigenvalue weighted by Crippen LogP contribution is -2.19. The van der Waals surface area contributed by atoms with Crippen molar-refractivity contribution in [2.24, 2.45) is 10.8 Å². The average molecular weight is 224 g/mol. The Kier molecular flexibility index (Phi) is 4.97. The highest BCUT2D eigenvalue weighted by atomic mass is 16.1. The van der Waals surface area contributed by atoms with E-state index in [0.717, 1.165) is 18.4 Å². The van der Waals surface area contributed by atoms with Gasteiger partial charge in [0.1, 0.15) is 0 Å². The molecule has 0 bridgehead atoms. The van der Waals surface area contributed by atoms with Gasteiger partial charge >= 0.3 is 0 Å². The normalized spacial score (nSPS) is 17.4. The predicted octanol–water partition coefficient (Wildman–Crippen LogP) is 4.76. The van der Waals surface area contributed by atoms with Crippen LogP contribution in [-0.2, 0) is 4.79 Å². The van der Waals surface area contributed by atoms with Gasteiger partial charge < -0.3 is 0 Å². The number of carbonyl (C=O) groups excluding carboxylic acids is 1. The third-order valence-electron chi connectivity index (χ3n) is 2.84. The van der Waals surface area contributed by atoms with Gasteiger partial charge in [-0.25, -0.2) is 0 Å². The van der Waals surface area contributed by atoms with Crippen LogP contribution in [0.3, 0.4) is 0 Å². The van der Waals surface area contributed by atoms with Crippen LogP contribution in [0.4, 0.5) is 0 Å². The van der Waals surface area contributed by atoms with Crippen LogP contribution >= 0.6 is 0 Å². The summed E-state index contributed by atoms with van der Waals surface area (Å²) in [5, 5.41) is 0. The van der Waals surface area contributed by atoms with E-state index in [1.807, 2.05) is 13.8 Å². The molecule has 0 radical (unpaired) electrons. The number of ketones is 1. The second-order valence-corrected chi connectivity index (χ2v) is 6.28. The quantitative estimate of drug-likeness (QED) is 0.579. The van der Waals surface area contributed by atoms with E-state index in [1.54, 1.807) is 0 Å². The third-order valence-corrected chi connectivity index (χ3v) is 2.84. The fourth-order valence-electron chi connectivity index (χ4n) is 2.28. The fraction of sp³-hybridized carbons (Fsp3) is 0.800. The van der Waals surface area contributed by atoms with Gasteiger partial charge in [-0.1, -0.05) is 61.0 Å². The van der Waals surface area contributed by atoms with Crippen molar-refractivity contribution in [2.75, 3.05) is 0 Å². The Labute approximate surface area is 101 Å². The van der Waals surface area contributed by atoms with E-state index in [0.29, 0.717) is 5.78 Å². The van der Waals surface area contributed by atoms with Crippen LogP contribution in [0.25, 0.3) is 0 Å². The first-order valence-electron chi connectivity index (χ1n) is 6.41. The molecule has 0 aromatic carbocycles. The molecule has 1 heteroatoms. The zero-order valence-corrected chi connectivity index (χ0v) is 12.3. The van der Waals surface area contributed by atoms with Gasteiger partial charge in [-0.3, -0.25) is 4.79 Å². The highest BCUT2D eigenvalue weighted by Crippen LogP contribution is 2.43. The zero-order chi connectivity index (χ0) is 13.1. The van der Waals surface area contributed by atoms with Crippen molar-refractivity contribution >= 4 is 5.78 Å². The molecule has 0 atom stereocenters. The Bertz CT molecular complexity index is 282. The van der Waals surface area contributed by atoms with Crippen molar-refractivity contribution < 1.29 is 4.79 Å². The molecule has 0 saturated carbocycles. The van der Waals surface area contributed by atoms with Crippen molar-refractivity contribution in [3.63, 3.8) is 0 Å². The molecule has 16 heavy (non-hydrogen) atoms. The first-order valence-corrected chi connectivity index (χ1v) is 6.41. The van der Waals surface area contributed by atoms with Gasteiger partial charge in [0, 0.05) is 12.0 Å². The van der Waals surface area contributed by atoms with Gasteiger partial charge in [0.15, 0.2) is 5.78 Å². The standard InChI is InChI=1S/C13H22O.C2H6/c1-12(2,3)9-7-8-10(14)11(9)13(4,5)6;1-2/h7-8H2,1-6H3;1-2H3. The van der Waals surface area contributed by atoms with Gasteiger partial charge in [-0.15, -0.1) is 0 Å². The van der Waals surface area contributed by atoms with E-state index in [-0.39, 0.29) is 10.8 Å². The second kappa shape index (κ2) is 5.16. The van der Waals surface area contributed by atoms with Gasteiger partial charge in [-0.05, 0) is 17.3 Å². The maximum atomic E-state index is 11.8. The lowest BCUT2D eigenvalue weighted by atomic mass is 9.76. The predicted molar refractivity (Wildman–Crippen MR) is 71.5 cm³/mol. The van der Waals surface area contributed by atoms with Crippen LogP contribution < -0.4 is 0 Å². The summed E-state index contributed by atoms with van der Waals surface area (Å²) in [6.07, 6.45) is 1.69. The van der Waals surface area contributed by atoms with Crippen molar-refractivity contribution in [1.82, 2.24) is 0 Å². The highest BCUT2D eigenvalue weighted by Gasteiger charge is 2.35. The summed E-state index contributed by atoms with van der Waals surface area (Å²) < 4.78 is 0. The van der Waals surface area contributed by atoms with E-state index in [1.165, 1.54) is 5.57 Å². The molecule has 94 valence electrons.